The van der Waals surface area contributed by atoms with Crippen LogP contribution in [-0.2, 0) is 4.79 Å². The molecule has 0 aromatic heterocycles. The molecule has 0 bridgehead atoms. The number of carbonyl (C=O) groups excluding carboxylic acids is 1. The molecular weight excluding hydrogens is 188 g/mol. The highest BCUT2D eigenvalue weighted by Crippen LogP contribution is 2.18. The summed E-state index contributed by atoms with van der Waals surface area (Å²) in [6.45, 7) is 11.7. The number of nitrogens with one attached hydrogen (secondary N) is 1. The molecule has 1 amide bonds. The lowest BCUT2D eigenvalue weighted by Crippen LogP contribution is -2.49. The first-order chi connectivity index (χ1) is 6.87. The van der Waals surface area contributed by atoms with E-state index in [1.807, 2.05) is 0 Å². The molecule has 1 aliphatic rings. The van der Waals surface area contributed by atoms with Crippen molar-refractivity contribution in [2.45, 2.75) is 46.6 Å². The molecule has 3 heteroatoms. The maximum atomic E-state index is 11.0. The molecule has 1 atom stereocenters. The Labute approximate surface area is 93.2 Å². The Bertz CT molecular complexity index is 220. The average Bonchev–Trinajstić information content (AvgIpc) is 1.99. The average molecular weight is 212 g/mol. The van der Waals surface area contributed by atoms with Crippen LogP contribution in [0.1, 0.15) is 40.5 Å². The molecule has 0 radical (unpaired) electrons. The van der Waals surface area contributed by atoms with Crippen molar-refractivity contribution in [2.75, 3.05) is 19.6 Å². The second kappa shape index (κ2) is 4.97. The fourth-order valence-electron chi connectivity index (χ4n) is 2.28. The van der Waals surface area contributed by atoms with E-state index in [2.05, 4.69) is 31.0 Å². The van der Waals surface area contributed by atoms with Crippen LogP contribution in [-0.4, -0.2) is 36.5 Å². The van der Waals surface area contributed by atoms with E-state index >= 15 is 0 Å². The summed E-state index contributed by atoms with van der Waals surface area (Å²) in [4.78, 5) is 13.4. The highest BCUT2D eigenvalue weighted by Gasteiger charge is 2.23. The molecule has 0 aliphatic carbocycles. The highest BCUT2D eigenvalue weighted by atomic mass is 16.1. The van der Waals surface area contributed by atoms with Gasteiger partial charge in [-0.25, -0.2) is 0 Å². The van der Waals surface area contributed by atoms with Crippen LogP contribution < -0.4 is 5.32 Å². The summed E-state index contributed by atoms with van der Waals surface area (Å²) < 4.78 is 0. The predicted octanol–water partition coefficient (Wildman–Crippen LogP) is 1.63. The fourth-order valence-corrected chi connectivity index (χ4v) is 2.28. The third kappa shape index (κ3) is 5.17. The van der Waals surface area contributed by atoms with Crippen LogP contribution in [0.3, 0.4) is 0 Å². The van der Waals surface area contributed by atoms with Gasteiger partial charge in [-0.3, -0.25) is 4.79 Å². The fraction of sp³-hybridized carbons (Fsp3) is 0.917. The molecule has 88 valence electrons. The van der Waals surface area contributed by atoms with E-state index in [1.165, 1.54) is 13.0 Å². The first-order valence-corrected chi connectivity index (χ1v) is 5.86. The van der Waals surface area contributed by atoms with E-state index < -0.39 is 0 Å². The van der Waals surface area contributed by atoms with Crippen molar-refractivity contribution in [3.8, 4) is 0 Å². The molecule has 0 unspecified atom stereocenters. The SMILES string of the molecule is CC(=O)N[C@@H]1CCCN(CC(C)(C)C)C1. The number of amides is 1. The van der Waals surface area contributed by atoms with Crippen LogP contribution in [0.5, 0.6) is 0 Å². The summed E-state index contributed by atoms with van der Waals surface area (Å²) in [6, 6.07) is 0.360. The molecule has 3 nitrogen and oxygen atoms in total. The number of hydrogen-bond donors (Lipinski definition) is 1. The standard InChI is InChI=1S/C12H24N2O/c1-10(15)13-11-6-5-7-14(8-11)9-12(2,3)4/h11H,5-9H2,1-4H3,(H,13,15)/t11-/m1/s1. The van der Waals surface area contributed by atoms with Gasteiger partial charge in [-0.1, -0.05) is 20.8 Å². The molecule has 1 saturated heterocycles. The van der Waals surface area contributed by atoms with Gasteiger partial charge in [0.2, 0.25) is 5.91 Å². The zero-order valence-corrected chi connectivity index (χ0v) is 10.5. The Kier molecular flexibility index (Phi) is 4.14. The van der Waals surface area contributed by atoms with E-state index in [9.17, 15) is 4.79 Å². The quantitative estimate of drug-likeness (QED) is 0.754. The third-order valence-corrected chi connectivity index (χ3v) is 2.61. The van der Waals surface area contributed by atoms with Crippen LogP contribution in [0.2, 0.25) is 0 Å². The van der Waals surface area contributed by atoms with E-state index in [4.69, 9.17) is 0 Å². The van der Waals surface area contributed by atoms with Gasteiger partial charge in [-0.15, -0.1) is 0 Å². The molecule has 1 N–H and O–H groups in total. The second-order valence-electron chi connectivity index (χ2n) is 5.84. The molecule has 0 aromatic rings. The van der Waals surface area contributed by atoms with Gasteiger partial charge in [0, 0.05) is 26.1 Å². The van der Waals surface area contributed by atoms with Crippen molar-refractivity contribution in [3.63, 3.8) is 0 Å². The topological polar surface area (TPSA) is 32.3 Å². The van der Waals surface area contributed by atoms with Crippen LogP contribution in [0.4, 0.5) is 0 Å². The zero-order valence-electron chi connectivity index (χ0n) is 10.5. The van der Waals surface area contributed by atoms with E-state index in [0.717, 1.165) is 19.5 Å². The van der Waals surface area contributed by atoms with Crippen molar-refractivity contribution < 1.29 is 4.79 Å². The van der Waals surface area contributed by atoms with Gasteiger partial charge in [0.05, 0.1) is 0 Å². The Morgan fingerprint density at radius 3 is 2.67 bits per heavy atom. The lowest BCUT2D eigenvalue weighted by atomic mass is 9.94. The normalized spacial score (nSPS) is 23.9. The van der Waals surface area contributed by atoms with E-state index in [0.29, 0.717) is 11.5 Å². The number of rotatable bonds is 2. The van der Waals surface area contributed by atoms with Gasteiger partial charge in [-0.05, 0) is 24.8 Å². The Balaban J connectivity index is 2.38. The van der Waals surface area contributed by atoms with Gasteiger partial charge < -0.3 is 10.2 Å². The van der Waals surface area contributed by atoms with Crippen LogP contribution in [0, 0.1) is 5.41 Å². The van der Waals surface area contributed by atoms with Gasteiger partial charge >= 0.3 is 0 Å². The Morgan fingerprint density at radius 2 is 2.13 bits per heavy atom. The second-order valence-corrected chi connectivity index (χ2v) is 5.84. The largest absolute Gasteiger partial charge is 0.352 e. The van der Waals surface area contributed by atoms with Crippen molar-refractivity contribution in [1.29, 1.82) is 0 Å². The molecule has 1 fully saturated rings. The Morgan fingerprint density at radius 1 is 1.47 bits per heavy atom. The summed E-state index contributed by atoms with van der Waals surface area (Å²) in [5, 5.41) is 3.02. The summed E-state index contributed by atoms with van der Waals surface area (Å²) in [7, 11) is 0. The molecule has 0 saturated carbocycles. The molecular formula is C12H24N2O. The van der Waals surface area contributed by atoms with E-state index in [1.54, 1.807) is 6.92 Å². The molecule has 0 aromatic carbocycles. The minimum Gasteiger partial charge on any atom is -0.352 e. The number of carbonyl (C=O) groups is 1. The van der Waals surface area contributed by atoms with Gasteiger partial charge in [0.1, 0.15) is 0 Å². The lowest BCUT2D eigenvalue weighted by molar-refractivity contribution is -0.120. The first kappa shape index (κ1) is 12.5. The third-order valence-electron chi connectivity index (χ3n) is 2.61. The molecule has 1 aliphatic heterocycles. The molecule has 0 spiro atoms. The van der Waals surface area contributed by atoms with Crippen molar-refractivity contribution >= 4 is 5.91 Å². The predicted molar refractivity (Wildman–Crippen MR) is 62.7 cm³/mol. The number of hydrogen-bond acceptors (Lipinski definition) is 2. The summed E-state index contributed by atoms with van der Waals surface area (Å²) in [5.74, 6) is 0.0950. The van der Waals surface area contributed by atoms with Crippen LogP contribution >= 0.6 is 0 Å². The van der Waals surface area contributed by atoms with Crippen LogP contribution in [0.15, 0.2) is 0 Å². The van der Waals surface area contributed by atoms with Crippen molar-refractivity contribution in [1.82, 2.24) is 10.2 Å². The highest BCUT2D eigenvalue weighted by molar-refractivity contribution is 5.73. The number of likely N-dealkylation sites (tertiary alicyclic amines) is 1. The van der Waals surface area contributed by atoms with Gasteiger partial charge in [0.15, 0.2) is 0 Å². The van der Waals surface area contributed by atoms with E-state index in [-0.39, 0.29) is 5.91 Å². The molecule has 1 heterocycles. The van der Waals surface area contributed by atoms with Crippen molar-refractivity contribution in [2.24, 2.45) is 5.41 Å². The number of nitrogens with zero attached hydrogens (tertiary/aromatic N) is 1. The smallest absolute Gasteiger partial charge is 0.217 e. The minimum absolute atomic E-state index is 0.0950. The lowest BCUT2D eigenvalue weighted by Gasteiger charge is -2.36. The summed E-state index contributed by atoms with van der Waals surface area (Å²) in [6.07, 6.45) is 2.32. The summed E-state index contributed by atoms with van der Waals surface area (Å²) >= 11 is 0. The summed E-state index contributed by atoms with van der Waals surface area (Å²) in [5.41, 5.74) is 0.345. The monoisotopic (exact) mass is 212 g/mol. The van der Waals surface area contributed by atoms with Crippen LogP contribution in [0.25, 0.3) is 0 Å². The first-order valence-electron chi connectivity index (χ1n) is 5.86. The van der Waals surface area contributed by atoms with Gasteiger partial charge in [0.25, 0.3) is 0 Å². The Hall–Kier alpha value is -0.570. The molecule has 15 heavy (non-hydrogen) atoms. The van der Waals surface area contributed by atoms with Gasteiger partial charge in [-0.2, -0.15) is 0 Å². The maximum Gasteiger partial charge on any atom is 0.217 e. The molecule has 1 rings (SSSR count). The van der Waals surface area contributed by atoms with Crippen molar-refractivity contribution in [3.05, 3.63) is 0 Å². The zero-order chi connectivity index (χ0) is 11.5. The number of piperidine rings is 1. The maximum absolute atomic E-state index is 11.0. The minimum atomic E-state index is 0.0950.